The van der Waals surface area contributed by atoms with Crippen molar-refractivity contribution in [2.24, 2.45) is 0 Å². The maximum atomic E-state index is 11.4. The summed E-state index contributed by atoms with van der Waals surface area (Å²) in [5, 5.41) is 0. The average Bonchev–Trinajstić information content (AvgIpc) is 2.15. The minimum atomic E-state index is -0.981. The summed E-state index contributed by atoms with van der Waals surface area (Å²) >= 11 is 11.0. The van der Waals surface area contributed by atoms with Crippen molar-refractivity contribution in [2.75, 3.05) is 0 Å². The number of hydrogen-bond acceptors (Lipinski definition) is 1. The lowest BCUT2D eigenvalue weighted by Crippen LogP contribution is -2.12. The zero-order valence-electron chi connectivity index (χ0n) is 9.05. The molecule has 1 rings (SSSR count). The first-order chi connectivity index (χ1) is 6.82. The molecule has 0 spiro atoms. The number of hydrogen-bond donors (Lipinski definition) is 0. The zero-order valence-corrected chi connectivity index (χ0v) is 10.6. The van der Waals surface area contributed by atoms with Crippen LogP contribution in [0.3, 0.4) is 0 Å². The van der Waals surface area contributed by atoms with Gasteiger partial charge >= 0.3 is 0 Å². The van der Waals surface area contributed by atoms with Gasteiger partial charge in [0.2, 0.25) is 0 Å². The number of Topliss-reactive ketones (excluding diaryl/α,β-unsaturated/α-hetero) is 1. The third-order valence-electron chi connectivity index (χ3n) is 2.23. The van der Waals surface area contributed by atoms with Crippen molar-refractivity contribution >= 4 is 29.0 Å². The molecule has 0 aliphatic heterocycles. The summed E-state index contributed by atoms with van der Waals surface area (Å²) in [7, 11) is 0. The molecule has 0 heterocycles. The van der Waals surface area contributed by atoms with Crippen LogP contribution in [-0.4, -0.2) is 10.6 Å². The van der Waals surface area contributed by atoms with Crippen molar-refractivity contribution in [3.63, 3.8) is 0 Å². The van der Waals surface area contributed by atoms with Gasteiger partial charge < -0.3 is 0 Å². The number of alkyl halides is 2. The Kier molecular flexibility index (Phi) is 3.80. The van der Waals surface area contributed by atoms with Crippen LogP contribution in [0.25, 0.3) is 0 Å². The molecule has 3 heteroatoms. The Labute approximate surface area is 100 Å². The molecule has 1 aromatic rings. The van der Waals surface area contributed by atoms with Gasteiger partial charge in [-0.15, -0.1) is 0 Å². The minimum Gasteiger partial charge on any atom is -0.291 e. The van der Waals surface area contributed by atoms with E-state index in [1.54, 1.807) is 12.1 Å². The normalized spacial score (nSPS) is 11.9. The molecule has 0 radical (unpaired) electrons. The van der Waals surface area contributed by atoms with Gasteiger partial charge in [0.05, 0.1) is 0 Å². The van der Waals surface area contributed by atoms with E-state index in [-0.39, 0.29) is 11.2 Å². The van der Waals surface area contributed by atoms with Gasteiger partial charge in [-0.05, 0) is 11.0 Å². The largest absolute Gasteiger partial charge is 0.291 e. The van der Waals surface area contributed by atoms with Crippen LogP contribution in [0.2, 0.25) is 0 Å². The molecule has 0 aliphatic carbocycles. The Morgan fingerprint density at radius 3 is 1.93 bits per heavy atom. The fourth-order valence-corrected chi connectivity index (χ4v) is 1.51. The highest BCUT2D eigenvalue weighted by Crippen LogP contribution is 2.23. The van der Waals surface area contributed by atoms with Crippen LogP contribution in [-0.2, 0) is 5.41 Å². The Bertz CT molecular complexity index is 347. The van der Waals surface area contributed by atoms with Gasteiger partial charge in [0.15, 0.2) is 10.6 Å². The number of halogens is 2. The Morgan fingerprint density at radius 2 is 1.60 bits per heavy atom. The van der Waals surface area contributed by atoms with Gasteiger partial charge in [-0.3, -0.25) is 4.79 Å². The van der Waals surface area contributed by atoms with Gasteiger partial charge in [-0.25, -0.2) is 0 Å². The highest BCUT2D eigenvalue weighted by molar-refractivity contribution is 6.55. The van der Waals surface area contributed by atoms with E-state index < -0.39 is 4.84 Å². The van der Waals surface area contributed by atoms with E-state index in [0.717, 1.165) is 0 Å². The molecule has 0 amide bonds. The molecular weight excluding hydrogens is 231 g/mol. The van der Waals surface area contributed by atoms with E-state index in [9.17, 15) is 4.79 Å². The second-order valence-corrected chi connectivity index (χ2v) is 5.59. The minimum absolute atomic E-state index is 0.0862. The van der Waals surface area contributed by atoms with Gasteiger partial charge in [-0.2, -0.15) is 0 Å². The molecule has 0 unspecified atom stereocenters. The second kappa shape index (κ2) is 4.54. The van der Waals surface area contributed by atoms with Gasteiger partial charge in [-0.1, -0.05) is 68.2 Å². The van der Waals surface area contributed by atoms with Crippen molar-refractivity contribution in [1.82, 2.24) is 0 Å². The molecule has 0 aromatic heterocycles. The molecule has 0 saturated carbocycles. The lowest BCUT2D eigenvalue weighted by Gasteiger charge is -2.19. The number of ketones is 1. The van der Waals surface area contributed by atoms with Crippen LogP contribution in [0.5, 0.6) is 0 Å². The van der Waals surface area contributed by atoms with E-state index in [0.29, 0.717) is 5.56 Å². The first kappa shape index (κ1) is 12.5. The topological polar surface area (TPSA) is 17.1 Å². The maximum Gasteiger partial charge on any atom is 0.195 e. The fraction of sp³-hybridized carbons (Fsp3) is 0.417. The summed E-state index contributed by atoms with van der Waals surface area (Å²) in [5.74, 6) is -0.251. The first-order valence-electron chi connectivity index (χ1n) is 4.75. The third-order valence-corrected chi connectivity index (χ3v) is 2.63. The van der Waals surface area contributed by atoms with Crippen molar-refractivity contribution < 1.29 is 4.79 Å². The molecule has 0 bridgehead atoms. The first-order valence-corrected chi connectivity index (χ1v) is 5.62. The number of carbonyl (C=O) groups excluding carboxylic acids is 1. The summed E-state index contributed by atoms with van der Waals surface area (Å²) in [4.78, 5) is 10.5. The lowest BCUT2D eigenvalue weighted by molar-refractivity contribution is 0.101. The molecule has 0 N–H and O–H groups in total. The fourth-order valence-electron chi connectivity index (χ4n) is 1.26. The van der Waals surface area contributed by atoms with Crippen molar-refractivity contribution in [1.29, 1.82) is 0 Å². The van der Waals surface area contributed by atoms with E-state index in [4.69, 9.17) is 23.2 Å². The average molecular weight is 245 g/mol. The Morgan fingerprint density at radius 1 is 1.13 bits per heavy atom. The summed E-state index contributed by atoms with van der Waals surface area (Å²) < 4.78 is 0. The van der Waals surface area contributed by atoms with Crippen molar-refractivity contribution in [3.05, 3.63) is 35.4 Å². The summed E-state index contributed by atoms with van der Waals surface area (Å²) in [6, 6.07) is 7.40. The summed E-state index contributed by atoms with van der Waals surface area (Å²) in [5.41, 5.74) is 1.82. The maximum absolute atomic E-state index is 11.4. The van der Waals surface area contributed by atoms with Crippen LogP contribution in [0.1, 0.15) is 36.7 Å². The molecule has 15 heavy (non-hydrogen) atoms. The van der Waals surface area contributed by atoms with E-state index >= 15 is 0 Å². The van der Waals surface area contributed by atoms with Crippen LogP contribution in [0.15, 0.2) is 24.3 Å². The standard InChI is InChI=1S/C12H14Cl2O/c1-12(2,3)9-6-4-8(5-7-9)10(15)11(13)14/h4-7,11H,1-3H3. The predicted octanol–water partition coefficient (Wildman–Crippen LogP) is 3.97. The van der Waals surface area contributed by atoms with E-state index in [1.807, 2.05) is 12.1 Å². The molecule has 0 aliphatic rings. The predicted molar refractivity (Wildman–Crippen MR) is 65.0 cm³/mol. The van der Waals surface area contributed by atoms with Gasteiger partial charge in [0.1, 0.15) is 0 Å². The molecule has 0 atom stereocenters. The molecule has 1 aromatic carbocycles. The monoisotopic (exact) mass is 244 g/mol. The SMILES string of the molecule is CC(C)(C)c1ccc(C(=O)C(Cl)Cl)cc1. The molecular formula is C12H14Cl2O. The number of rotatable bonds is 2. The van der Waals surface area contributed by atoms with Crippen LogP contribution in [0, 0.1) is 0 Å². The molecule has 82 valence electrons. The molecule has 0 saturated heterocycles. The van der Waals surface area contributed by atoms with Crippen LogP contribution < -0.4 is 0 Å². The number of carbonyl (C=O) groups is 1. The third kappa shape index (κ3) is 3.22. The van der Waals surface area contributed by atoms with Crippen molar-refractivity contribution in [2.45, 2.75) is 31.0 Å². The van der Waals surface area contributed by atoms with Gasteiger partial charge in [0.25, 0.3) is 0 Å². The van der Waals surface area contributed by atoms with Crippen LogP contribution in [0.4, 0.5) is 0 Å². The highest BCUT2D eigenvalue weighted by Gasteiger charge is 2.16. The highest BCUT2D eigenvalue weighted by atomic mass is 35.5. The lowest BCUT2D eigenvalue weighted by atomic mass is 9.86. The van der Waals surface area contributed by atoms with Crippen LogP contribution >= 0.6 is 23.2 Å². The van der Waals surface area contributed by atoms with E-state index in [2.05, 4.69) is 20.8 Å². The zero-order chi connectivity index (χ0) is 11.6. The smallest absolute Gasteiger partial charge is 0.195 e. The summed E-state index contributed by atoms with van der Waals surface area (Å²) in [6.07, 6.45) is 0. The second-order valence-electron chi connectivity index (χ2n) is 4.49. The van der Waals surface area contributed by atoms with Gasteiger partial charge in [0, 0.05) is 5.56 Å². The Hall–Kier alpha value is -0.530. The van der Waals surface area contributed by atoms with E-state index in [1.165, 1.54) is 5.56 Å². The Balaban J connectivity index is 2.96. The quantitative estimate of drug-likeness (QED) is 0.569. The summed E-state index contributed by atoms with van der Waals surface area (Å²) in [6.45, 7) is 6.36. The van der Waals surface area contributed by atoms with Crippen molar-refractivity contribution in [3.8, 4) is 0 Å². The number of benzene rings is 1. The molecule has 0 fully saturated rings. The molecule has 1 nitrogen and oxygen atoms in total.